The maximum atomic E-state index is 13.9. The van der Waals surface area contributed by atoms with Crippen molar-refractivity contribution in [1.82, 2.24) is 15.2 Å². The molecule has 1 N–H and O–H groups in total. The molecule has 5 nitrogen and oxygen atoms in total. The minimum Gasteiger partial charge on any atom is -0.489 e. The summed E-state index contributed by atoms with van der Waals surface area (Å²) in [6.45, 7) is 3.25. The summed E-state index contributed by atoms with van der Waals surface area (Å²) < 4.78 is 6.32. The molecule has 4 rings (SSSR count). The average molecular weight is 490 g/mol. The topological polar surface area (TPSA) is 54.5 Å². The van der Waals surface area contributed by atoms with Crippen LogP contribution in [0, 0.1) is 0 Å². The molecular formula is C29H32ClN3O2. The Morgan fingerprint density at radius 2 is 1.57 bits per heavy atom. The lowest BCUT2D eigenvalue weighted by molar-refractivity contribution is 0.0933. The zero-order chi connectivity index (χ0) is 23.9. The van der Waals surface area contributed by atoms with E-state index in [0.29, 0.717) is 23.6 Å². The molecule has 0 radical (unpaired) electrons. The van der Waals surface area contributed by atoms with Crippen LogP contribution in [0.4, 0.5) is 0 Å². The molecule has 0 bridgehead atoms. The van der Waals surface area contributed by atoms with Gasteiger partial charge < -0.3 is 15.0 Å². The number of nitrogens with one attached hydrogen (secondary N) is 1. The van der Waals surface area contributed by atoms with Crippen molar-refractivity contribution in [2.45, 2.75) is 19.4 Å². The lowest BCUT2D eigenvalue weighted by Crippen LogP contribution is -2.29. The highest BCUT2D eigenvalue weighted by atomic mass is 35.5. The van der Waals surface area contributed by atoms with Gasteiger partial charge in [0.1, 0.15) is 12.3 Å². The van der Waals surface area contributed by atoms with Gasteiger partial charge in [0.15, 0.2) is 5.75 Å². The molecule has 0 aliphatic rings. The highest BCUT2D eigenvalue weighted by molar-refractivity contribution is 6.10. The van der Waals surface area contributed by atoms with E-state index in [2.05, 4.69) is 17.1 Å². The first-order valence-corrected chi connectivity index (χ1v) is 11.7. The number of benzene rings is 3. The van der Waals surface area contributed by atoms with Crippen LogP contribution < -0.4 is 10.1 Å². The zero-order valence-electron chi connectivity index (χ0n) is 20.4. The highest BCUT2D eigenvalue weighted by Gasteiger charge is 2.25. The second-order valence-corrected chi connectivity index (χ2v) is 8.54. The van der Waals surface area contributed by atoms with Gasteiger partial charge >= 0.3 is 0 Å². The van der Waals surface area contributed by atoms with Gasteiger partial charge in [0.2, 0.25) is 0 Å². The number of carbonyl (C=O) groups is 1. The molecule has 6 heteroatoms. The SMILES string of the molecule is CC[C@H](NC(=O)c1c(OCCN(C)C)c(-c2ccccc2)nc2ccccc12)c1ccccc1.Cl. The van der Waals surface area contributed by atoms with Gasteiger partial charge in [-0.25, -0.2) is 4.98 Å². The van der Waals surface area contributed by atoms with Crippen LogP contribution >= 0.6 is 12.4 Å². The van der Waals surface area contributed by atoms with Crippen molar-refractivity contribution in [2.75, 3.05) is 27.2 Å². The summed E-state index contributed by atoms with van der Waals surface area (Å²) in [5.74, 6) is 0.360. The third-order valence-corrected chi connectivity index (χ3v) is 5.82. The van der Waals surface area contributed by atoms with E-state index in [9.17, 15) is 4.79 Å². The molecule has 182 valence electrons. The number of nitrogens with zero attached hydrogens (tertiary/aromatic N) is 2. The maximum absolute atomic E-state index is 13.9. The van der Waals surface area contributed by atoms with Gasteiger partial charge in [0, 0.05) is 17.5 Å². The molecule has 3 aromatic carbocycles. The van der Waals surface area contributed by atoms with Crippen LogP contribution in [0.3, 0.4) is 0 Å². The number of rotatable bonds is 9. The number of fused-ring (bicyclic) bond motifs is 1. The van der Waals surface area contributed by atoms with E-state index in [1.807, 2.05) is 99.0 Å². The minimum absolute atomic E-state index is 0. The first-order chi connectivity index (χ1) is 16.6. The Bertz CT molecular complexity index is 1250. The van der Waals surface area contributed by atoms with E-state index in [-0.39, 0.29) is 24.4 Å². The molecule has 35 heavy (non-hydrogen) atoms. The van der Waals surface area contributed by atoms with E-state index < -0.39 is 0 Å². The number of amides is 1. The second kappa shape index (κ2) is 12.3. The number of halogens is 1. The molecule has 0 fully saturated rings. The van der Waals surface area contributed by atoms with Crippen LogP contribution in [0.1, 0.15) is 35.3 Å². The highest BCUT2D eigenvalue weighted by Crippen LogP contribution is 2.37. The molecule has 0 spiro atoms. The molecule has 0 aliphatic heterocycles. The lowest BCUT2D eigenvalue weighted by atomic mass is 10.00. The van der Waals surface area contributed by atoms with Gasteiger partial charge in [-0.1, -0.05) is 85.8 Å². The first-order valence-electron chi connectivity index (χ1n) is 11.7. The largest absolute Gasteiger partial charge is 0.489 e. The Morgan fingerprint density at radius 3 is 2.23 bits per heavy atom. The van der Waals surface area contributed by atoms with E-state index in [4.69, 9.17) is 9.72 Å². The number of para-hydroxylation sites is 1. The number of ether oxygens (including phenoxy) is 1. The zero-order valence-corrected chi connectivity index (χ0v) is 21.2. The van der Waals surface area contributed by atoms with E-state index in [1.54, 1.807) is 0 Å². The number of hydrogen-bond acceptors (Lipinski definition) is 4. The fourth-order valence-electron chi connectivity index (χ4n) is 4.02. The summed E-state index contributed by atoms with van der Waals surface area (Å²) in [5, 5.41) is 4.03. The molecule has 0 aliphatic carbocycles. The summed E-state index contributed by atoms with van der Waals surface area (Å²) >= 11 is 0. The summed E-state index contributed by atoms with van der Waals surface area (Å²) in [5.41, 5.74) is 3.96. The van der Waals surface area contributed by atoms with Crippen molar-refractivity contribution in [3.8, 4) is 17.0 Å². The van der Waals surface area contributed by atoms with Gasteiger partial charge in [0.05, 0.1) is 17.1 Å². The van der Waals surface area contributed by atoms with Crippen LogP contribution in [0.25, 0.3) is 22.2 Å². The third kappa shape index (κ3) is 6.18. The Balaban J connectivity index is 0.00000342. The molecule has 1 atom stereocenters. The Hall–Kier alpha value is -3.41. The van der Waals surface area contributed by atoms with Gasteiger partial charge in [-0.05, 0) is 32.1 Å². The van der Waals surface area contributed by atoms with Gasteiger partial charge in [-0.3, -0.25) is 4.79 Å². The lowest BCUT2D eigenvalue weighted by Gasteiger charge is -2.22. The van der Waals surface area contributed by atoms with E-state index >= 15 is 0 Å². The number of pyridine rings is 1. The molecule has 4 aromatic rings. The molecule has 0 saturated heterocycles. The molecule has 1 aromatic heterocycles. The van der Waals surface area contributed by atoms with Crippen molar-refractivity contribution < 1.29 is 9.53 Å². The van der Waals surface area contributed by atoms with Crippen LogP contribution in [0.15, 0.2) is 84.9 Å². The molecule has 0 unspecified atom stereocenters. The van der Waals surface area contributed by atoms with E-state index in [0.717, 1.165) is 35.0 Å². The Kier molecular flexibility index (Phi) is 9.24. The molecule has 0 saturated carbocycles. The number of carbonyl (C=O) groups excluding carboxylic acids is 1. The molecular weight excluding hydrogens is 458 g/mol. The van der Waals surface area contributed by atoms with Crippen molar-refractivity contribution >= 4 is 29.2 Å². The second-order valence-electron chi connectivity index (χ2n) is 8.54. The summed E-state index contributed by atoms with van der Waals surface area (Å²) in [6.07, 6.45) is 0.779. The third-order valence-electron chi connectivity index (χ3n) is 5.82. The number of hydrogen-bond donors (Lipinski definition) is 1. The Labute approximate surface area is 213 Å². The van der Waals surface area contributed by atoms with Crippen LogP contribution in [0.2, 0.25) is 0 Å². The molecule has 1 heterocycles. The van der Waals surface area contributed by atoms with Gasteiger partial charge in [-0.15, -0.1) is 12.4 Å². The quantitative estimate of drug-likeness (QED) is 0.306. The van der Waals surface area contributed by atoms with Crippen molar-refractivity contribution in [3.63, 3.8) is 0 Å². The summed E-state index contributed by atoms with van der Waals surface area (Å²) in [7, 11) is 4.00. The maximum Gasteiger partial charge on any atom is 0.256 e. The molecule has 1 amide bonds. The first kappa shape index (κ1) is 26.2. The Morgan fingerprint density at radius 1 is 0.943 bits per heavy atom. The van der Waals surface area contributed by atoms with Crippen LogP contribution in [-0.4, -0.2) is 43.0 Å². The van der Waals surface area contributed by atoms with Crippen LogP contribution in [0.5, 0.6) is 5.75 Å². The van der Waals surface area contributed by atoms with Gasteiger partial charge in [0.25, 0.3) is 5.91 Å². The number of aromatic nitrogens is 1. The monoisotopic (exact) mass is 489 g/mol. The summed E-state index contributed by atoms with van der Waals surface area (Å²) in [6, 6.07) is 27.6. The van der Waals surface area contributed by atoms with Crippen LogP contribution in [-0.2, 0) is 0 Å². The van der Waals surface area contributed by atoms with Crippen molar-refractivity contribution in [1.29, 1.82) is 0 Å². The predicted octanol–water partition coefficient (Wildman–Crippen LogP) is 6.15. The van der Waals surface area contributed by atoms with E-state index in [1.165, 1.54) is 0 Å². The fourth-order valence-corrected chi connectivity index (χ4v) is 4.02. The number of likely N-dealkylation sites (N-methyl/N-ethyl adjacent to an activating group) is 1. The smallest absolute Gasteiger partial charge is 0.256 e. The normalized spacial score (nSPS) is 11.7. The predicted molar refractivity (Wildman–Crippen MR) is 145 cm³/mol. The fraction of sp³-hybridized carbons (Fsp3) is 0.241. The van der Waals surface area contributed by atoms with Crippen molar-refractivity contribution in [2.24, 2.45) is 0 Å². The van der Waals surface area contributed by atoms with Gasteiger partial charge in [-0.2, -0.15) is 0 Å². The standard InChI is InChI=1S/C29H31N3O2.ClH/c1-4-24(21-13-7-5-8-14-21)31-29(33)26-23-17-11-12-18-25(23)30-27(22-15-9-6-10-16-22)28(26)34-20-19-32(2)3;/h5-18,24H,4,19-20H2,1-3H3,(H,31,33);1H/t24-;/m0./s1. The summed E-state index contributed by atoms with van der Waals surface area (Å²) in [4.78, 5) is 20.9. The van der Waals surface area contributed by atoms with Crippen molar-refractivity contribution in [3.05, 3.63) is 96.1 Å². The average Bonchev–Trinajstić information content (AvgIpc) is 2.87. The minimum atomic E-state index is -0.161.